The fourth-order valence-electron chi connectivity index (χ4n) is 1.12. The van der Waals surface area contributed by atoms with E-state index in [1.165, 1.54) is 0 Å². The Kier molecular flexibility index (Phi) is 5.04. The van der Waals surface area contributed by atoms with Gasteiger partial charge in [-0.05, 0) is 25.1 Å². The van der Waals surface area contributed by atoms with Crippen molar-refractivity contribution in [2.45, 2.75) is 13.2 Å². The second kappa shape index (κ2) is 6.53. The molecule has 0 aliphatic carbocycles. The summed E-state index contributed by atoms with van der Waals surface area (Å²) in [7, 11) is 0. The van der Waals surface area contributed by atoms with E-state index in [4.69, 9.17) is 22.3 Å². The number of pyridine rings is 2. The number of aliphatic hydroxyl groups excluding tert-OH is 1. The first-order valence-electron chi connectivity index (χ1n) is 5.33. The van der Waals surface area contributed by atoms with Gasteiger partial charge in [0.15, 0.2) is 0 Å². The van der Waals surface area contributed by atoms with Gasteiger partial charge in [0.1, 0.15) is 12.0 Å². The molecule has 2 aromatic heterocycles. The minimum atomic E-state index is -0.953. The summed E-state index contributed by atoms with van der Waals surface area (Å²) in [5.41, 5.74) is 18.1. The second-order valence-corrected chi connectivity index (χ2v) is 3.61. The van der Waals surface area contributed by atoms with Gasteiger partial charge in [-0.3, -0.25) is 4.98 Å². The molecule has 6 heteroatoms. The zero-order chi connectivity index (χ0) is 13.5. The highest BCUT2D eigenvalue weighted by atomic mass is 16.3. The Morgan fingerprint density at radius 2 is 1.83 bits per heavy atom. The molecule has 2 aromatic rings. The summed E-state index contributed by atoms with van der Waals surface area (Å²) in [6.07, 6.45) is 2.23. The fourth-order valence-corrected chi connectivity index (χ4v) is 1.12. The van der Waals surface area contributed by atoms with Gasteiger partial charge in [0.05, 0.1) is 5.69 Å². The molecule has 0 radical (unpaired) electrons. The van der Waals surface area contributed by atoms with Gasteiger partial charge in [-0.25, -0.2) is 4.98 Å². The molecule has 1 unspecified atom stereocenters. The molecule has 96 valence electrons. The molecule has 2 rings (SSSR count). The molecule has 1 atom stereocenters. The Labute approximate surface area is 105 Å². The highest BCUT2D eigenvalue weighted by Crippen LogP contribution is 2.12. The Morgan fingerprint density at radius 1 is 1.11 bits per heavy atom. The van der Waals surface area contributed by atoms with Crippen LogP contribution in [0.25, 0.3) is 0 Å². The number of rotatable bonds is 1. The number of hydrogen-bond acceptors (Lipinski definition) is 6. The predicted octanol–water partition coefficient (Wildman–Crippen LogP) is 0.586. The van der Waals surface area contributed by atoms with Crippen molar-refractivity contribution in [3.05, 3.63) is 47.9 Å². The van der Waals surface area contributed by atoms with E-state index in [9.17, 15) is 0 Å². The van der Waals surface area contributed by atoms with Crippen LogP contribution in [0.15, 0.2) is 36.7 Å². The van der Waals surface area contributed by atoms with Crippen LogP contribution in [-0.4, -0.2) is 15.1 Å². The summed E-state index contributed by atoms with van der Waals surface area (Å²) in [6, 6.07) is 6.95. The molecule has 18 heavy (non-hydrogen) atoms. The summed E-state index contributed by atoms with van der Waals surface area (Å²) in [5, 5.41) is 8.74. The number of anilines is 2. The van der Waals surface area contributed by atoms with Gasteiger partial charge < -0.3 is 22.3 Å². The smallest absolute Gasteiger partial charge is 0.145 e. The largest absolute Gasteiger partial charge is 0.398 e. The zero-order valence-electron chi connectivity index (χ0n) is 10.1. The number of aliphatic hydroxyl groups is 1. The van der Waals surface area contributed by atoms with Crippen LogP contribution in [-0.2, 0) is 0 Å². The molecular formula is C12H17N5O. The van der Waals surface area contributed by atoms with Crippen LogP contribution in [0, 0.1) is 6.92 Å². The molecule has 0 bridgehead atoms. The van der Waals surface area contributed by atoms with Crippen molar-refractivity contribution in [1.82, 2.24) is 9.97 Å². The molecule has 6 nitrogen and oxygen atoms in total. The maximum Gasteiger partial charge on any atom is 0.145 e. The van der Waals surface area contributed by atoms with Crippen molar-refractivity contribution in [3.8, 4) is 0 Å². The van der Waals surface area contributed by atoms with E-state index in [0.29, 0.717) is 17.2 Å². The van der Waals surface area contributed by atoms with Gasteiger partial charge in [0.2, 0.25) is 0 Å². The molecule has 0 aliphatic rings. The van der Waals surface area contributed by atoms with Gasteiger partial charge in [0, 0.05) is 23.6 Å². The summed E-state index contributed by atoms with van der Waals surface area (Å²) >= 11 is 0. The first kappa shape index (κ1) is 13.9. The number of nitrogens with zero attached hydrogens (tertiary/aromatic N) is 2. The molecular weight excluding hydrogens is 230 g/mol. The van der Waals surface area contributed by atoms with Crippen LogP contribution >= 0.6 is 0 Å². The van der Waals surface area contributed by atoms with E-state index in [-0.39, 0.29) is 0 Å². The van der Waals surface area contributed by atoms with Gasteiger partial charge in [0.25, 0.3) is 0 Å². The van der Waals surface area contributed by atoms with Gasteiger partial charge in [-0.2, -0.15) is 0 Å². The van der Waals surface area contributed by atoms with E-state index < -0.39 is 6.23 Å². The van der Waals surface area contributed by atoms with Crippen molar-refractivity contribution >= 4 is 11.5 Å². The lowest BCUT2D eigenvalue weighted by molar-refractivity contribution is 0.181. The molecule has 0 fully saturated rings. The van der Waals surface area contributed by atoms with Crippen LogP contribution in [0.5, 0.6) is 0 Å². The van der Waals surface area contributed by atoms with E-state index in [1.807, 2.05) is 6.92 Å². The Balaban J connectivity index is 0.000000180. The summed E-state index contributed by atoms with van der Waals surface area (Å²) in [6.45, 7) is 1.84. The van der Waals surface area contributed by atoms with Crippen LogP contribution in [0.4, 0.5) is 11.5 Å². The minimum Gasteiger partial charge on any atom is -0.398 e. The summed E-state index contributed by atoms with van der Waals surface area (Å²) in [5.74, 6) is 0.509. The maximum atomic E-state index is 8.74. The number of hydrogen-bond donors (Lipinski definition) is 4. The van der Waals surface area contributed by atoms with Crippen LogP contribution in [0.2, 0.25) is 0 Å². The standard InChI is InChI=1S/C6H9N3.C6H8N2O/c1-4-5(7)2-3-9-6(4)8;7-6(9)5-3-1-2-4-8-5/h2-3H,1H3,(H4,7,8,9);1-4,6,9H,7H2. The van der Waals surface area contributed by atoms with Crippen molar-refractivity contribution < 1.29 is 5.11 Å². The SMILES string of the molecule is Cc1c(N)ccnc1N.NC(O)c1ccccn1. The summed E-state index contributed by atoms with van der Waals surface area (Å²) < 4.78 is 0. The van der Waals surface area contributed by atoms with Crippen molar-refractivity contribution in [3.63, 3.8) is 0 Å². The lowest BCUT2D eigenvalue weighted by Crippen LogP contribution is -2.09. The van der Waals surface area contributed by atoms with E-state index in [0.717, 1.165) is 5.56 Å². The average molecular weight is 247 g/mol. The molecule has 0 saturated carbocycles. The van der Waals surface area contributed by atoms with E-state index >= 15 is 0 Å². The van der Waals surface area contributed by atoms with Crippen molar-refractivity contribution in [1.29, 1.82) is 0 Å². The van der Waals surface area contributed by atoms with Crippen LogP contribution < -0.4 is 17.2 Å². The van der Waals surface area contributed by atoms with E-state index in [1.54, 1.807) is 36.7 Å². The van der Waals surface area contributed by atoms with Crippen molar-refractivity contribution in [2.24, 2.45) is 5.73 Å². The topological polar surface area (TPSA) is 124 Å². The highest BCUT2D eigenvalue weighted by Gasteiger charge is 1.97. The molecule has 0 spiro atoms. The zero-order valence-corrected chi connectivity index (χ0v) is 10.1. The number of nitrogen functional groups attached to an aromatic ring is 2. The van der Waals surface area contributed by atoms with Gasteiger partial charge in [-0.15, -0.1) is 0 Å². The van der Waals surface area contributed by atoms with Crippen LogP contribution in [0.1, 0.15) is 17.5 Å². The molecule has 2 heterocycles. The first-order chi connectivity index (χ1) is 8.52. The average Bonchev–Trinajstić information content (AvgIpc) is 2.38. The molecule has 0 amide bonds. The van der Waals surface area contributed by atoms with Crippen LogP contribution in [0.3, 0.4) is 0 Å². The second-order valence-electron chi connectivity index (χ2n) is 3.61. The Hall–Kier alpha value is -2.18. The fraction of sp³-hybridized carbons (Fsp3) is 0.167. The summed E-state index contributed by atoms with van der Waals surface area (Å²) in [4.78, 5) is 7.64. The van der Waals surface area contributed by atoms with Gasteiger partial charge >= 0.3 is 0 Å². The number of nitrogens with two attached hydrogens (primary N) is 3. The van der Waals surface area contributed by atoms with Crippen molar-refractivity contribution in [2.75, 3.05) is 11.5 Å². The van der Waals surface area contributed by atoms with E-state index in [2.05, 4.69) is 9.97 Å². The first-order valence-corrected chi connectivity index (χ1v) is 5.33. The Bertz CT molecular complexity index is 467. The predicted molar refractivity (Wildman–Crippen MR) is 71.2 cm³/mol. The molecule has 7 N–H and O–H groups in total. The number of aromatic nitrogens is 2. The Morgan fingerprint density at radius 3 is 2.22 bits per heavy atom. The quantitative estimate of drug-likeness (QED) is 0.546. The molecule has 0 saturated heterocycles. The normalized spacial score (nSPS) is 11.3. The lowest BCUT2D eigenvalue weighted by Gasteiger charge is -1.99. The molecule has 0 aliphatic heterocycles. The third kappa shape index (κ3) is 4.00. The third-order valence-electron chi connectivity index (χ3n) is 2.28. The molecule has 0 aromatic carbocycles. The lowest BCUT2D eigenvalue weighted by atomic mass is 10.2. The third-order valence-corrected chi connectivity index (χ3v) is 2.28. The maximum absolute atomic E-state index is 8.74. The highest BCUT2D eigenvalue weighted by molar-refractivity contribution is 5.55. The monoisotopic (exact) mass is 247 g/mol. The minimum absolute atomic E-state index is 0.498. The van der Waals surface area contributed by atoms with Gasteiger partial charge in [-0.1, -0.05) is 6.07 Å².